The first-order valence-corrected chi connectivity index (χ1v) is 8.44. The SMILES string of the molecule is CN1C(=O)C2(CCOCC2)c2ccc(-c3cccc(C(N)=O)c3)cc21. The zero-order valence-corrected chi connectivity index (χ0v) is 14.1. The third-order valence-electron chi connectivity index (χ3n) is 5.42. The number of carbonyl (C=O) groups is 2. The quantitative estimate of drug-likeness (QED) is 0.916. The molecule has 5 heteroatoms. The van der Waals surface area contributed by atoms with Crippen LogP contribution in [0.25, 0.3) is 11.1 Å². The van der Waals surface area contributed by atoms with Crippen molar-refractivity contribution < 1.29 is 14.3 Å². The molecule has 2 aromatic carbocycles. The van der Waals surface area contributed by atoms with Crippen molar-refractivity contribution >= 4 is 17.5 Å². The molecule has 2 aliphatic rings. The van der Waals surface area contributed by atoms with Gasteiger partial charge in [0.15, 0.2) is 0 Å². The second-order valence-corrected chi connectivity index (χ2v) is 6.74. The fraction of sp³-hybridized carbons (Fsp3) is 0.300. The van der Waals surface area contributed by atoms with Crippen molar-refractivity contribution in [2.24, 2.45) is 5.73 Å². The molecular weight excluding hydrogens is 316 g/mol. The van der Waals surface area contributed by atoms with Crippen LogP contribution in [0.3, 0.4) is 0 Å². The maximum atomic E-state index is 12.9. The molecule has 0 aliphatic carbocycles. The highest BCUT2D eigenvalue weighted by atomic mass is 16.5. The van der Waals surface area contributed by atoms with Gasteiger partial charge in [0.25, 0.3) is 0 Å². The fourth-order valence-corrected chi connectivity index (χ4v) is 3.99. The number of amides is 2. The second-order valence-electron chi connectivity index (χ2n) is 6.74. The lowest BCUT2D eigenvalue weighted by atomic mass is 9.75. The number of benzene rings is 2. The van der Waals surface area contributed by atoms with Crippen molar-refractivity contribution in [3.8, 4) is 11.1 Å². The van der Waals surface area contributed by atoms with Gasteiger partial charge in [0, 0.05) is 31.5 Å². The Morgan fingerprint density at radius 1 is 1.12 bits per heavy atom. The first-order valence-electron chi connectivity index (χ1n) is 8.44. The number of primary amides is 1. The minimum atomic E-state index is -0.448. The van der Waals surface area contributed by atoms with Gasteiger partial charge in [0.2, 0.25) is 11.8 Å². The van der Waals surface area contributed by atoms with Gasteiger partial charge in [-0.2, -0.15) is 0 Å². The van der Waals surface area contributed by atoms with Gasteiger partial charge in [-0.25, -0.2) is 0 Å². The Bertz CT molecular complexity index is 869. The van der Waals surface area contributed by atoms with E-state index in [-0.39, 0.29) is 5.91 Å². The lowest BCUT2D eigenvalue weighted by Crippen LogP contribution is -2.42. The van der Waals surface area contributed by atoms with Gasteiger partial charge in [-0.3, -0.25) is 9.59 Å². The maximum absolute atomic E-state index is 12.9. The highest BCUT2D eigenvalue weighted by Gasteiger charge is 2.50. The highest BCUT2D eigenvalue weighted by molar-refractivity contribution is 6.08. The predicted molar refractivity (Wildman–Crippen MR) is 95.5 cm³/mol. The molecule has 2 N–H and O–H groups in total. The van der Waals surface area contributed by atoms with E-state index >= 15 is 0 Å². The molecule has 0 aromatic heterocycles. The number of rotatable bonds is 2. The average Bonchev–Trinajstić information content (AvgIpc) is 2.84. The van der Waals surface area contributed by atoms with Gasteiger partial charge < -0.3 is 15.4 Å². The largest absolute Gasteiger partial charge is 0.381 e. The van der Waals surface area contributed by atoms with Crippen molar-refractivity contribution in [3.05, 3.63) is 53.6 Å². The normalized spacial score (nSPS) is 18.4. The van der Waals surface area contributed by atoms with E-state index in [0.29, 0.717) is 18.8 Å². The van der Waals surface area contributed by atoms with Crippen LogP contribution in [0.5, 0.6) is 0 Å². The van der Waals surface area contributed by atoms with Crippen molar-refractivity contribution in [1.82, 2.24) is 0 Å². The van der Waals surface area contributed by atoms with Gasteiger partial charge in [0.1, 0.15) is 0 Å². The van der Waals surface area contributed by atoms with Crippen molar-refractivity contribution in [3.63, 3.8) is 0 Å². The number of hydrogen-bond donors (Lipinski definition) is 1. The topological polar surface area (TPSA) is 72.6 Å². The molecule has 0 atom stereocenters. The summed E-state index contributed by atoms with van der Waals surface area (Å²) in [6.45, 7) is 1.23. The first-order chi connectivity index (χ1) is 12.0. The third-order valence-corrected chi connectivity index (χ3v) is 5.42. The van der Waals surface area contributed by atoms with Crippen LogP contribution in [0.15, 0.2) is 42.5 Å². The lowest BCUT2D eigenvalue weighted by Gasteiger charge is -2.32. The molecule has 4 rings (SSSR count). The average molecular weight is 336 g/mol. The molecular formula is C20H20N2O3. The maximum Gasteiger partial charge on any atom is 0.248 e. The van der Waals surface area contributed by atoms with Crippen LogP contribution >= 0.6 is 0 Å². The summed E-state index contributed by atoms with van der Waals surface area (Å²) in [6, 6.07) is 13.3. The molecule has 25 heavy (non-hydrogen) atoms. The van der Waals surface area contributed by atoms with Gasteiger partial charge in [0.05, 0.1) is 5.41 Å². The van der Waals surface area contributed by atoms with Crippen molar-refractivity contribution in [2.75, 3.05) is 25.2 Å². The van der Waals surface area contributed by atoms with Gasteiger partial charge in [-0.05, 0) is 47.7 Å². The molecule has 2 aromatic rings. The van der Waals surface area contributed by atoms with Gasteiger partial charge in [-0.1, -0.05) is 24.3 Å². The third kappa shape index (κ3) is 2.35. The Balaban J connectivity index is 1.80. The van der Waals surface area contributed by atoms with E-state index in [4.69, 9.17) is 10.5 Å². The molecule has 128 valence electrons. The highest BCUT2D eigenvalue weighted by Crippen LogP contribution is 2.48. The number of ether oxygens (including phenoxy) is 1. The van der Waals surface area contributed by atoms with Crippen LogP contribution in [0.4, 0.5) is 5.69 Å². The number of nitrogens with two attached hydrogens (primary N) is 1. The van der Waals surface area contributed by atoms with E-state index in [9.17, 15) is 9.59 Å². The first kappa shape index (κ1) is 15.8. The van der Waals surface area contributed by atoms with Crippen molar-refractivity contribution in [1.29, 1.82) is 0 Å². The summed E-state index contributed by atoms with van der Waals surface area (Å²) in [4.78, 5) is 26.1. The summed E-state index contributed by atoms with van der Waals surface area (Å²) in [5.74, 6) is -0.301. The smallest absolute Gasteiger partial charge is 0.248 e. The summed E-state index contributed by atoms with van der Waals surface area (Å²) in [5.41, 5.74) is 9.30. The fourth-order valence-electron chi connectivity index (χ4n) is 3.99. The van der Waals surface area contributed by atoms with Gasteiger partial charge in [-0.15, -0.1) is 0 Å². The molecule has 0 bridgehead atoms. The molecule has 1 saturated heterocycles. The van der Waals surface area contributed by atoms with Crippen molar-refractivity contribution in [2.45, 2.75) is 18.3 Å². The standard InChI is InChI=1S/C20H20N2O3/c1-22-17-12-14(13-3-2-4-15(11-13)18(21)23)5-6-16(17)20(19(22)24)7-9-25-10-8-20/h2-6,11-12H,7-10H2,1H3,(H2,21,23). The molecule has 2 heterocycles. The molecule has 2 aliphatic heterocycles. The van der Waals surface area contributed by atoms with Crippen LogP contribution < -0.4 is 10.6 Å². The summed E-state index contributed by atoms with van der Waals surface area (Å²) in [7, 11) is 1.83. The lowest BCUT2D eigenvalue weighted by molar-refractivity contribution is -0.126. The molecule has 0 saturated carbocycles. The second kappa shape index (κ2) is 5.70. The number of nitrogens with zero attached hydrogens (tertiary/aromatic N) is 1. The minimum Gasteiger partial charge on any atom is -0.381 e. The number of likely N-dealkylation sites (N-methyl/N-ethyl adjacent to an activating group) is 1. The molecule has 0 unspecified atom stereocenters. The Kier molecular flexibility index (Phi) is 3.62. The van der Waals surface area contributed by atoms with Crippen LogP contribution in [0.2, 0.25) is 0 Å². The summed E-state index contributed by atoms with van der Waals surface area (Å²) >= 11 is 0. The van der Waals surface area contributed by atoms with E-state index < -0.39 is 11.3 Å². The number of hydrogen-bond acceptors (Lipinski definition) is 3. The Morgan fingerprint density at radius 2 is 1.84 bits per heavy atom. The zero-order valence-electron chi connectivity index (χ0n) is 14.1. The molecule has 0 radical (unpaired) electrons. The Labute approximate surface area is 146 Å². The number of anilines is 1. The molecule has 2 amide bonds. The van der Waals surface area contributed by atoms with E-state index in [1.54, 1.807) is 17.0 Å². The summed E-state index contributed by atoms with van der Waals surface area (Å²) in [5, 5.41) is 0. The van der Waals surface area contributed by atoms with Crippen LogP contribution in [-0.2, 0) is 14.9 Å². The van der Waals surface area contributed by atoms with Gasteiger partial charge >= 0.3 is 0 Å². The summed E-state index contributed by atoms with van der Waals surface area (Å²) < 4.78 is 5.47. The Hall–Kier alpha value is -2.66. The van der Waals surface area contributed by atoms with Crippen LogP contribution in [0.1, 0.15) is 28.8 Å². The van der Waals surface area contributed by atoms with E-state index in [2.05, 4.69) is 0 Å². The van der Waals surface area contributed by atoms with Crippen LogP contribution in [0, 0.1) is 0 Å². The zero-order chi connectivity index (χ0) is 17.6. The van der Waals surface area contributed by atoms with E-state index in [1.165, 1.54) is 0 Å². The number of fused-ring (bicyclic) bond motifs is 2. The minimum absolute atomic E-state index is 0.147. The molecule has 1 spiro atoms. The monoisotopic (exact) mass is 336 g/mol. The predicted octanol–water partition coefficient (Wildman–Crippen LogP) is 2.48. The number of carbonyl (C=O) groups excluding carboxylic acids is 2. The molecule has 1 fully saturated rings. The van der Waals surface area contributed by atoms with E-state index in [0.717, 1.165) is 35.2 Å². The van der Waals surface area contributed by atoms with Crippen LogP contribution in [-0.4, -0.2) is 32.1 Å². The summed E-state index contributed by atoms with van der Waals surface area (Å²) in [6.07, 6.45) is 1.44. The Morgan fingerprint density at radius 3 is 2.56 bits per heavy atom. The van der Waals surface area contributed by atoms with E-state index in [1.807, 2.05) is 37.4 Å². The molecule has 5 nitrogen and oxygen atoms in total.